The first-order chi connectivity index (χ1) is 19.8. The summed E-state index contributed by atoms with van der Waals surface area (Å²) >= 11 is 0.864. The van der Waals surface area contributed by atoms with Gasteiger partial charge in [-0.2, -0.15) is 0 Å². The lowest BCUT2D eigenvalue weighted by atomic mass is 10.1. The van der Waals surface area contributed by atoms with Gasteiger partial charge in [0.25, 0.3) is 17.1 Å². The van der Waals surface area contributed by atoms with Crippen LogP contribution < -0.4 is 24.3 Å². The van der Waals surface area contributed by atoms with Crippen LogP contribution in [0.4, 0.5) is 10.5 Å². The molecule has 1 fully saturated rings. The molecule has 1 aliphatic heterocycles. The van der Waals surface area contributed by atoms with Crippen molar-refractivity contribution in [3.05, 3.63) is 82.3 Å². The van der Waals surface area contributed by atoms with Crippen molar-refractivity contribution in [3.8, 4) is 23.0 Å². The van der Waals surface area contributed by atoms with E-state index in [1.807, 2.05) is 51.1 Å². The van der Waals surface area contributed by atoms with Gasteiger partial charge in [-0.25, -0.2) is 0 Å². The van der Waals surface area contributed by atoms with Crippen LogP contribution in [-0.2, 0) is 9.59 Å². The minimum atomic E-state index is -0.398. The molecule has 1 aliphatic rings. The van der Waals surface area contributed by atoms with E-state index < -0.39 is 5.91 Å². The van der Waals surface area contributed by atoms with E-state index in [9.17, 15) is 14.4 Å². The maximum atomic E-state index is 13.0. The Morgan fingerprint density at radius 2 is 1.68 bits per heavy atom. The zero-order chi connectivity index (χ0) is 29.4. The number of rotatable bonds is 12. The van der Waals surface area contributed by atoms with Crippen molar-refractivity contribution in [1.29, 1.82) is 0 Å². The van der Waals surface area contributed by atoms with Crippen LogP contribution in [0.5, 0.6) is 23.0 Å². The van der Waals surface area contributed by atoms with E-state index >= 15 is 0 Å². The number of nitrogens with one attached hydrogen (secondary N) is 1. The van der Waals surface area contributed by atoms with Gasteiger partial charge in [0.15, 0.2) is 29.6 Å². The lowest BCUT2D eigenvalue weighted by molar-refractivity contribution is -0.123. The van der Waals surface area contributed by atoms with Gasteiger partial charge in [-0.15, -0.1) is 0 Å². The van der Waals surface area contributed by atoms with E-state index in [0.29, 0.717) is 35.2 Å². The number of aryl methyl sites for hydroxylation is 1. The highest BCUT2D eigenvalue weighted by atomic mass is 32.2. The Balaban J connectivity index is 1.39. The van der Waals surface area contributed by atoms with Crippen molar-refractivity contribution >= 4 is 40.6 Å². The predicted octanol–water partition coefficient (Wildman–Crippen LogP) is 5.84. The summed E-state index contributed by atoms with van der Waals surface area (Å²) < 4.78 is 22.5. The highest BCUT2D eigenvalue weighted by Crippen LogP contribution is 2.35. The van der Waals surface area contributed by atoms with Gasteiger partial charge in [0.1, 0.15) is 6.61 Å². The van der Waals surface area contributed by atoms with Crippen LogP contribution in [0.2, 0.25) is 0 Å². The third kappa shape index (κ3) is 7.40. The van der Waals surface area contributed by atoms with Gasteiger partial charge < -0.3 is 24.3 Å². The van der Waals surface area contributed by atoms with Crippen LogP contribution in [0, 0.1) is 13.8 Å². The molecular formula is C31H32N2O7S. The SMILES string of the molecule is CCOc1cc(/C=C2\SC(=O)N(CCOc3ccccc3OC)C2=O)ccc1OCC(=O)Nc1cccc(C)c1C. The number of imide groups is 1. The number of ether oxygens (including phenoxy) is 4. The van der Waals surface area contributed by atoms with E-state index in [1.165, 1.54) is 0 Å². The summed E-state index contributed by atoms with van der Waals surface area (Å²) in [6.45, 7) is 6.16. The molecule has 4 rings (SSSR count). The Hall–Kier alpha value is -4.44. The third-order valence-electron chi connectivity index (χ3n) is 6.32. The predicted molar refractivity (Wildman–Crippen MR) is 159 cm³/mol. The fraction of sp³-hybridized carbons (Fsp3) is 0.258. The highest BCUT2D eigenvalue weighted by molar-refractivity contribution is 8.18. The number of hydrogen-bond donors (Lipinski definition) is 1. The van der Waals surface area contributed by atoms with Gasteiger partial charge in [0.05, 0.1) is 25.2 Å². The lowest BCUT2D eigenvalue weighted by Crippen LogP contribution is -2.32. The Bertz CT molecular complexity index is 1470. The van der Waals surface area contributed by atoms with Gasteiger partial charge in [-0.05, 0) is 85.6 Å². The van der Waals surface area contributed by atoms with Crippen LogP contribution in [-0.4, -0.2) is 55.4 Å². The molecule has 0 spiro atoms. The molecule has 41 heavy (non-hydrogen) atoms. The average Bonchev–Trinajstić information content (AvgIpc) is 3.22. The molecule has 10 heteroatoms. The minimum absolute atomic E-state index is 0.0984. The minimum Gasteiger partial charge on any atom is -0.493 e. The van der Waals surface area contributed by atoms with E-state index in [-0.39, 0.29) is 35.8 Å². The molecule has 0 aliphatic carbocycles. The number of anilines is 1. The molecule has 3 aromatic rings. The fourth-order valence-electron chi connectivity index (χ4n) is 4.05. The first-order valence-electron chi connectivity index (χ1n) is 13.1. The number of nitrogens with zero attached hydrogens (tertiary/aromatic N) is 1. The van der Waals surface area contributed by atoms with Gasteiger partial charge in [0.2, 0.25) is 0 Å². The number of benzene rings is 3. The van der Waals surface area contributed by atoms with Crippen LogP contribution in [0.25, 0.3) is 6.08 Å². The fourth-order valence-corrected chi connectivity index (χ4v) is 4.91. The molecule has 3 aromatic carbocycles. The Labute approximate surface area is 243 Å². The van der Waals surface area contributed by atoms with Crippen molar-refractivity contribution in [2.45, 2.75) is 20.8 Å². The van der Waals surface area contributed by atoms with Gasteiger partial charge in [-0.1, -0.05) is 30.3 Å². The van der Waals surface area contributed by atoms with Gasteiger partial charge >= 0.3 is 0 Å². The van der Waals surface area contributed by atoms with E-state index in [0.717, 1.165) is 33.5 Å². The Kier molecular flexibility index (Phi) is 9.91. The van der Waals surface area contributed by atoms with Gasteiger partial charge in [0, 0.05) is 5.69 Å². The second kappa shape index (κ2) is 13.8. The largest absolute Gasteiger partial charge is 0.493 e. The normalized spacial score (nSPS) is 13.9. The zero-order valence-corrected chi connectivity index (χ0v) is 24.2. The summed E-state index contributed by atoms with van der Waals surface area (Å²) in [5, 5.41) is 2.50. The van der Waals surface area contributed by atoms with Crippen molar-refractivity contribution in [2.24, 2.45) is 0 Å². The van der Waals surface area contributed by atoms with E-state index in [1.54, 1.807) is 43.5 Å². The maximum Gasteiger partial charge on any atom is 0.293 e. The molecule has 1 saturated heterocycles. The molecule has 214 valence electrons. The molecule has 9 nitrogen and oxygen atoms in total. The van der Waals surface area contributed by atoms with Crippen molar-refractivity contribution in [3.63, 3.8) is 0 Å². The van der Waals surface area contributed by atoms with Crippen LogP contribution in [0.3, 0.4) is 0 Å². The molecule has 0 atom stereocenters. The highest BCUT2D eigenvalue weighted by Gasteiger charge is 2.35. The van der Waals surface area contributed by atoms with Crippen LogP contribution in [0.1, 0.15) is 23.6 Å². The van der Waals surface area contributed by atoms with E-state index in [4.69, 9.17) is 18.9 Å². The molecular weight excluding hydrogens is 544 g/mol. The smallest absolute Gasteiger partial charge is 0.293 e. The number of thioether (sulfide) groups is 1. The summed E-state index contributed by atoms with van der Waals surface area (Å²) in [6, 6.07) is 18.0. The van der Waals surface area contributed by atoms with Gasteiger partial charge in [-0.3, -0.25) is 19.3 Å². The molecule has 0 aromatic heterocycles. The average molecular weight is 577 g/mol. The Morgan fingerprint density at radius 1 is 0.927 bits per heavy atom. The van der Waals surface area contributed by atoms with Crippen LogP contribution >= 0.6 is 11.8 Å². The maximum absolute atomic E-state index is 13.0. The molecule has 0 radical (unpaired) electrons. The second-order valence-electron chi connectivity index (χ2n) is 9.06. The molecule has 1 heterocycles. The lowest BCUT2D eigenvalue weighted by Gasteiger charge is -2.15. The zero-order valence-electron chi connectivity index (χ0n) is 23.4. The van der Waals surface area contributed by atoms with Crippen LogP contribution in [0.15, 0.2) is 65.6 Å². The standard InChI is InChI=1S/C31H32N2O7S/c1-5-38-27-17-22(13-14-26(27)40-19-29(34)32-23-10-8-9-20(2)21(23)3)18-28-30(35)33(31(36)41-28)15-16-39-25-12-7-6-11-24(25)37-4/h6-14,17-18H,5,15-16,19H2,1-4H3,(H,32,34)/b28-18-. The molecule has 3 amide bonds. The van der Waals surface area contributed by atoms with Crippen molar-refractivity contribution < 1.29 is 33.3 Å². The first kappa shape index (κ1) is 29.5. The number of methoxy groups -OCH3 is 1. The summed E-state index contributed by atoms with van der Waals surface area (Å²) in [7, 11) is 1.54. The summed E-state index contributed by atoms with van der Waals surface area (Å²) in [5.41, 5.74) is 3.46. The topological polar surface area (TPSA) is 103 Å². The number of carbonyl (C=O) groups excluding carboxylic acids is 3. The number of hydrogen-bond acceptors (Lipinski definition) is 8. The molecule has 0 unspecified atom stereocenters. The Morgan fingerprint density at radius 3 is 2.44 bits per heavy atom. The summed E-state index contributed by atoms with van der Waals surface area (Å²) in [4.78, 5) is 39.5. The number of carbonyl (C=O) groups is 3. The monoisotopic (exact) mass is 576 g/mol. The van der Waals surface area contributed by atoms with Crippen molar-refractivity contribution in [1.82, 2.24) is 4.90 Å². The first-order valence-corrected chi connectivity index (χ1v) is 13.9. The molecule has 1 N–H and O–H groups in total. The number of para-hydroxylation sites is 2. The summed E-state index contributed by atoms with van der Waals surface area (Å²) in [6.07, 6.45) is 1.63. The third-order valence-corrected chi connectivity index (χ3v) is 7.23. The van der Waals surface area contributed by atoms with Crippen molar-refractivity contribution in [2.75, 3.05) is 38.8 Å². The molecule has 0 saturated carbocycles. The molecule has 0 bridgehead atoms. The number of amides is 3. The second-order valence-corrected chi connectivity index (χ2v) is 10.0. The quantitative estimate of drug-likeness (QED) is 0.268. The van der Waals surface area contributed by atoms with E-state index in [2.05, 4.69) is 5.32 Å². The summed E-state index contributed by atoms with van der Waals surface area (Å²) in [5.74, 6) is 1.22.